The number of nitrogens with zero attached hydrogens (tertiary/aromatic N) is 1. The first-order valence-electron chi connectivity index (χ1n) is 7.14. The SMILES string of the molecule is CCOc1ccc(/C=N\NC(=O)c2ccc(I)c(OC)c2)cc1Br. The predicted molar refractivity (Wildman–Crippen MR) is 106 cm³/mol. The van der Waals surface area contributed by atoms with Crippen LogP contribution in [0.3, 0.4) is 0 Å². The minimum atomic E-state index is -0.300. The van der Waals surface area contributed by atoms with E-state index in [0.717, 1.165) is 19.4 Å². The molecule has 0 spiro atoms. The first-order valence-corrected chi connectivity index (χ1v) is 9.01. The van der Waals surface area contributed by atoms with Crippen LogP contribution in [0.2, 0.25) is 0 Å². The van der Waals surface area contributed by atoms with E-state index in [0.29, 0.717) is 17.9 Å². The summed E-state index contributed by atoms with van der Waals surface area (Å²) in [6.07, 6.45) is 1.57. The van der Waals surface area contributed by atoms with Crippen molar-refractivity contribution in [2.24, 2.45) is 5.10 Å². The number of benzene rings is 2. The largest absolute Gasteiger partial charge is 0.496 e. The molecule has 126 valence electrons. The molecule has 1 amide bonds. The maximum Gasteiger partial charge on any atom is 0.271 e. The third kappa shape index (κ3) is 4.94. The Morgan fingerprint density at radius 1 is 1.29 bits per heavy atom. The van der Waals surface area contributed by atoms with Gasteiger partial charge >= 0.3 is 0 Å². The van der Waals surface area contributed by atoms with Gasteiger partial charge in [0.25, 0.3) is 5.91 Å². The Morgan fingerprint density at radius 3 is 2.75 bits per heavy atom. The quantitative estimate of drug-likeness (QED) is 0.365. The van der Waals surface area contributed by atoms with Crippen LogP contribution in [0.1, 0.15) is 22.8 Å². The summed E-state index contributed by atoms with van der Waals surface area (Å²) in [5.41, 5.74) is 3.83. The van der Waals surface area contributed by atoms with Crippen LogP contribution in [0.15, 0.2) is 46.0 Å². The van der Waals surface area contributed by atoms with Crippen LogP contribution in [-0.2, 0) is 0 Å². The van der Waals surface area contributed by atoms with E-state index in [1.807, 2.05) is 31.2 Å². The third-order valence-corrected chi connectivity index (χ3v) is 4.56. The molecule has 7 heteroatoms. The number of rotatable bonds is 6. The minimum absolute atomic E-state index is 0.300. The Balaban J connectivity index is 2.03. The van der Waals surface area contributed by atoms with Gasteiger partial charge in [-0.05, 0) is 87.4 Å². The summed E-state index contributed by atoms with van der Waals surface area (Å²) in [7, 11) is 1.57. The Hall–Kier alpha value is -1.61. The second kappa shape index (κ2) is 9.03. The van der Waals surface area contributed by atoms with Crippen molar-refractivity contribution in [3.63, 3.8) is 0 Å². The zero-order valence-electron chi connectivity index (χ0n) is 13.2. The van der Waals surface area contributed by atoms with Crippen molar-refractivity contribution in [1.82, 2.24) is 5.43 Å². The van der Waals surface area contributed by atoms with E-state index in [4.69, 9.17) is 9.47 Å². The minimum Gasteiger partial charge on any atom is -0.496 e. The standard InChI is InChI=1S/C17H16BrIN2O3/c1-3-24-15-7-4-11(8-13(15)18)10-20-21-17(22)12-5-6-14(19)16(9-12)23-2/h4-10H,3H2,1-2H3,(H,21,22)/b20-10-. The second-order valence-electron chi connectivity index (χ2n) is 4.67. The average Bonchev–Trinajstić information content (AvgIpc) is 2.57. The maximum absolute atomic E-state index is 12.1. The van der Waals surface area contributed by atoms with Crippen LogP contribution < -0.4 is 14.9 Å². The number of carbonyl (C=O) groups excluding carboxylic acids is 1. The topological polar surface area (TPSA) is 59.9 Å². The zero-order chi connectivity index (χ0) is 17.5. The molecule has 0 aliphatic carbocycles. The molecule has 0 atom stereocenters. The first kappa shape index (κ1) is 18.7. The average molecular weight is 503 g/mol. The van der Waals surface area contributed by atoms with Crippen molar-refractivity contribution in [3.8, 4) is 11.5 Å². The summed E-state index contributed by atoms with van der Waals surface area (Å²) < 4.78 is 12.4. The van der Waals surface area contributed by atoms with Crippen molar-refractivity contribution >= 4 is 50.6 Å². The molecule has 0 saturated heterocycles. The van der Waals surface area contributed by atoms with Gasteiger partial charge in [-0.2, -0.15) is 5.10 Å². The molecular weight excluding hydrogens is 487 g/mol. The molecule has 0 bridgehead atoms. The number of nitrogens with one attached hydrogen (secondary N) is 1. The maximum atomic E-state index is 12.1. The second-order valence-corrected chi connectivity index (χ2v) is 6.69. The number of hydrazone groups is 1. The van der Waals surface area contributed by atoms with E-state index in [1.165, 1.54) is 0 Å². The summed E-state index contributed by atoms with van der Waals surface area (Å²) in [6.45, 7) is 2.53. The van der Waals surface area contributed by atoms with E-state index in [2.05, 4.69) is 49.0 Å². The predicted octanol–water partition coefficient (Wildman–Crippen LogP) is 4.22. The highest BCUT2D eigenvalue weighted by Crippen LogP contribution is 2.25. The summed E-state index contributed by atoms with van der Waals surface area (Å²) in [5.74, 6) is 1.12. The molecule has 0 radical (unpaired) electrons. The number of amides is 1. The summed E-state index contributed by atoms with van der Waals surface area (Å²) >= 11 is 5.59. The van der Waals surface area contributed by atoms with Crippen LogP contribution in [0.4, 0.5) is 0 Å². The van der Waals surface area contributed by atoms with Gasteiger partial charge in [0.15, 0.2) is 0 Å². The molecule has 5 nitrogen and oxygen atoms in total. The summed E-state index contributed by atoms with van der Waals surface area (Å²) in [6, 6.07) is 10.8. The molecule has 2 rings (SSSR count). The number of hydrogen-bond acceptors (Lipinski definition) is 4. The van der Waals surface area contributed by atoms with Crippen molar-refractivity contribution < 1.29 is 14.3 Å². The van der Waals surface area contributed by atoms with Gasteiger partial charge in [0.05, 0.1) is 28.0 Å². The molecule has 0 fully saturated rings. The molecule has 0 aromatic heterocycles. The Kier molecular flexibility index (Phi) is 7.04. The lowest BCUT2D eigenvalue weighted by Gasteiger charge is -2.06. The van der Waals surface area contributed by atoms with E-state index in [9.17, 15) is 4.79 Å². The normalized spacial score (nSPS) is 10.7. The van der Waals surface area contributed by atoms with E-state index < -0.39 is 0 Å². The van der Waals surface area contributed by atoms with Gasteiger partial charge in [-0.25, -0.2) is 5.43 Å². The van der Waals surface area contributed by atoms with Gasteiger partial charge in [0.2, 0.25) is 0 Å². The van der Waals surface area contributed by atoms with Gasteiger partial charge in [-0.1, -0.05) is 0 Å². The summed E-state index contributed by atoms with van der Waals surface area (Å²) in [5, 5.41) is 3.98. The fourth-order valence-electron chi connectivity index (χ4n) is 1.90. The highest BCUT2D eigenvalue weighted by Gasteiger charge is 2.08. The fraction of sp³-hybridized carbons (Fsp3) is 0.176. The number of methoxy groups -OCH3 is 1. The summed E-state index contributed by atoms with van der Waals surface area (Å²) in [4.78, 5) is 12.1. The van der Waals surface area contributed by atoms with Crippen LogP contribution in [0.25, 0.3) is 0 Å². The van der Waals surface area contributed by atoms with Crippen molar-refractivity contribution in [3.05, 3.63) is 55.6 Å². The lowest BCUT2D eigenvalue weighted by molar-refractivity contribution is 0.0954. The molecular formula is C17H16BrIN2O3. The number of ether oxygens (including phenoxy) is 2. The Bertz CT molecular complexity index is 765. The van der Waals surface area contributed by atoms with Crippen LogP contribution in [0, 0.1) is 3.57 Å². The van der Waals surface area contributed by atoms with Gasteiger partial charge in [0.1, 0.15) is 11.5 Å². The molecule has 1 N–H and O–H groups in total. The van der Waals surface area contributed by atoms with Gasteiger partial charge in [-0.15, -0.1) is 0 Å². The van der Waals surface area contributed by atoms with E-state index in [1.54, 1.807) is 25.5 Å². The number of hydrogen-bond donors (Lipinski definition) is 1. The van der Waals surface area contributed by atoms with E-state index >= 15 is 0 Å². The number of halogens is 2. The van der Waals surface area contributed by atoms with Crippen molar-refractivity contribution in [1.29, 1.82) is 0 Å². The molecule has 0 saturated carbocycles. The van der Waals surface area contributed by atoms with Crippen molar-refractivity contribution in [2.45, 2.75) is 6.92 Å². The highest BCUT2D eigenvalue weighted by molar-refractivity contribution is 14.1. The highest BCUT2D eigenvalue weighted by atomic mass is 127. The first-order chi connectivity index (χ1) is 11.5. The van der Waals surface area contributed by atoms with Gasteiger partial charge in [-0.3, -0.25) is 4.79 Å². The molecule has 0 aliphatic rings. The lowest BCUT2D eigenvalue weighted by Crippen LogP contribution is -2.17. The molecule has 2 aromatic carbocycles. The Morgan fingerprint density at radius 2 is 2.08 bits per heavy atom. The molecule has 0 heterocycles. The number of carbonyl (C=O) groups is 1. The molecule has 24 heavy (non-hydrogen) atoms. The monoisotopic (exact) mass is 502 g/mol. The van der Waals surface area contributed by atoms with Gasteiger partial charge < -0.3 is 9.47 Å². The third-order valence-electron chi connectivity index (χ3n) is 3.05. The lowest BCUT2D eigenvalue weighted by atomic mass is 10.2. The van der Waals surface area contributed by atoms with Gasteiger partial charge in [0, 0.05) is 5.56 Å². The fourth-order valence-corrected chi connectivity index (χ4v) is 2.97. The van der Waals surface area contributed by atoms with E-state index in [-0.39, 0.29) is 5.91 Å². The zero-order valence-corrected chi connectivity index (χ0v) is 16.9. The molecule has 2 aromatic rings. The van der Waals surface area contributed by atoms with Crippen LogP contribution in [0.5, 0.6) is 11.5 Å². The van der Waals surface area contributed by atoms with Crippen LogP contribution >= 0.6 is 38.5 Å². The van der Waals surface area contributed by atoms with Crippen LogP contribution in [-0.4, -0.2) is 25.8 Å². The smallest absolute Gasteiger partial charge is 0.271 e. The molecule has 0 aliphatic heterocycles. The van der Waals surface area contributed by atoms with Crippen molar-refractivity contribution in [2.75, 3.05) is 13.7 Å². The Labute approximate surface area is 162 Å². The molecule has 0 unspecified atom stereocenters.